The smallest absolute Gasteiger partial charge is 0.318 e. The lowest BCUT2D eigenvalue weighted by atomic mass is 9.84. The number of ether oxygens (including phenoxy) is 1. The van der Waals surface area contributed by atoms with E-state index in [0.717, 1.165) is 43.5 Å². The number of carbonyl (C=O) groups excluding carboxylic acids is 2. The lowest BCUT2D eigenvalue weighted by Gasteiger charge is -2.33. The zero-order valence-electron chi connectivity index (χ0n) is 22.4. The van der Waals surface area contributed by atoms with E-state index in [9.17, 15) is 14.0 Å². The van der Waals surface area contributed by atoms with Crippen molar-refractivity contribution in [2.24, 2.45) is 11.8 Å². The molecule has 4 aliphatic rings. The van der Waals surface area contributed by atoms with Crippen LogP contribution in [0.1, 0.15) is 70.8 Å². The van der Waals surface area contributed by atoms with Gasteiger partial charge in [0, 0.05) is 43.3 Å². The fourth-order valence-corrected chi connectivity index (χ4v) is 6.46. The summed E-state index contributed by atoms with van der Waals surface area (Å²) < 4.78 is 19.4. The summed E-state index contributed by atoms with van der Waals surface area (Å²) in [5.41, 5.74) is 1.94. The lowest BCUT2D eigenvalue weighted by molar-refractivity contribution is -0.124. The molecule has 2 atom stereocenters. The zero-order chi connectivity index (χ0) is 26.0. The molecule has 8 heteroatoms. The molecular weight excluding hydrogens is 471 g/mol. The van der Waals surface area contributed by atoms with Gasteiger partial charge >= 0.3 is 6.03 Å². The van der Waals surface area contributed by atoms with Crippen LogP contribution in [-0.2, 0) is 14.9 Å². The maximum Gasteiger partial charge on any atom is 0.318 e. The van der Waals surface area contributed by atoms with Crippen molar-refractivity contribution in [3.05, 3.63) is 29.6 Å². The number of rotatable bonds is 8. The molecule has 2 aliphatic carbocycles. The quantitative estimate of drug-likeness (QED) is 0.545. The van der Waals surface area contributed by atoms with Crippen molar-refractivity contribution >= 4 is 17.6 Å². The van der Waals surface area contributed by atoms with Crippen molar-refractivity contribution in [2.75, 3.05) is 44.3 Å². The van der Waals surface area contributed by atoms with Crippen LogP contribution in [0, 0.1) is 17.7 Å². The van der Waals surface area contributed by atoms with E-state index in [1.165, 1.54) is 25.3 Å². The molecule has 0 bridgehead atoms. The van der Waals surface area contributed by atoms with E-state index < -0.39 is 6.04 Å². The van der Waals surface area contributed by atoms with Crippen LogP contribution in [0.3, 0.4) is 0 Å². The SMILES string of the molecule is CC1(C)CN(C[C@@H](NC(=O)C(CC2CCCCC2)NC(=O)N2CCOCC2)C2CC2)c2ccc(F)cc21. The topological polar surface area (TPSA) is 73.9 Å². The fourth-order valence-electron chi connectivity index (χ4n) is 6.46. The van der Waals surface area contributed by atoms with Crippen LogP contribution in [0.5, 0.6) is 0 Å². The number of carbonyl (C=O) groups is 2. The molecule has 2 saturated carbocycles. The highest BCUT2D eigenvalue weighted by Crippen LogP contribution is 2.42. The van der Waals surface area contributed by atoms with Crippen molar-refractivity contribution in [1.82, 2.24) is 15.5 Å². The van der Waals surface area contributed by atoms with Gasteiger partial charge in [0.05, 0.1) is 13.2 Å². The molecule has 1 saturated heterocycles. The molecule has 1 unspecified atom stereocenters. The first-order chi connectivity index (χ1) is 17.8. The Hall–Kier alpha value is -2.35. The molecule has 1 aromatic carbocycles. The third-order valence-corrected chi connectivity index (χ3v) is 8.76. The molecule has 204 valence electrons. The van der Waals surface area contributed by atoms with Crippen molar-refractivity contribution in [3.63, 3.8) is 0 Å². The molecule has 7 nitrogen and oxygen atoms in total. The van der Waals surface area contributed by atoms with E-state index in [1.54, 1.807) is 11.0 Å². The van der Waals surface area contributed by atoms with Gasteiger partial charge < -0.3 is 25.2 Å². The Labute approximate surface area is 220 Å². The van der Waals surface area contributed by atoms with Gasteiger partial charge in [0.1, 0.15) is 11.9 Å². The Morgan fingerprint density at radius 3 is 2.51 bits per heavy atom. The van der Waals surface area contributed by atoms with E-state index in [4.69, 9.17) is 4.74 Å². The summed E-state index contributed by atoms with van der Waals surface area (Å²) in [6, 6.07) is 4.37. The number of urea groups is 1. The van der Waals surface area contributed by atoms with E-state index in [1.807, 2.05) is 6.07 Å². The average molecular weight is 515 g/mol. The van der Waals surface area contributed by atoms with Crippen LogP contribution in [0.25, 0.3) is 0 Å². The third-order valence-electron chi connectivity index (χ3n) is 8.76. The van der Waals surface area contributed by atoms with Gasteiger partial charge in [-0.2, -0.15) is 0 Å². The number of morpholine rings is 1. The van der Waals surface area contributed by atoms with Crippen molar-refractivity contribution in [3.8, 4) is 0 Å². The molecule has 1 aromatic rings. The molecule has 37 heavy (non-hydrogen) atoms. The van der Waals surface area contributed by atoms with Crippen molar-refractivity contribution in [2.45, 2.75) is 82.7 Å². The van der Waals surface area contributed by atoms with Crippen molar-refractivity contribution in [1.29, 1.82) is 0 Å². The summed E-state index contributed by atoms with van der Waals surface area (Å²) >= 11 is 0. The molecule has 0 spiro atoms. The lowest BCUT2D eigenvalue weighted by Crippen LogP contribution is -2.56. The van der Waals surface area contributed by atoms with Gasteiger partial charge in [0.25, 0.3) is 0 Å². The molecule has 2 N–H and O–H groups in total. The van der Waals surface area contributed by atoms with Gasteiger partial charge in [-0.1, -0.05) is 46.0 Å². The van der Waals surface area contributed by atoms with Crippen LogP contribution >= 0.6 is 0 Å². The summed E-state index contributed by atoms with van der Waals surface area (Å²) in [4.78, 5) is 30.8. The molecule has 2 heterocycles. The predicted octanol–water partition coefficient (Wildman–Crippen LogP) is 4.20. The van der Waals surface area contributed by atoms with Gasteiger partial charge in [0.15, 0.2) is 0 Å². The van der Waals surface area contributed by atoms with Crippen LogP contribution in [0.4, 0.5) is 14.9 Å². The van der Waals surface area contributed by atoms with E-state index >= 15 is 0 Å². The number of anilines is 1. The van der Waals surface area contributed by atoms with Crippen LogP contribution in [0.15, 0.2) is 18.2 Å². The highest BCUT2D eigenvalue weighted by Gasteiger charge is 2.40. The van der Waals surface area contributed by atoms with Crippen LogP contribution in [0.2, 0.25) is 0 Å². The fraction of sp³-hybridized carbons (Fsp3) is 0.724. The number of benzene rings is 1. The molecule has 2 aliphatic heterocycles. The van der Waals surface area contributed by atoms with E-state index in [-0.39, 0.29) is 29.2 Å². The average Bonchev–Trinajstić information content (AvgIpc) is 3.70. The summed E-state index contributed by atoms with van der Waals surface area (Å²) in [5.74, 6) is 0.640. The molecule has 0 aromatic heterocycles. The number of halogens is 1. The van der Waals surface area contributed by atoms with Gasteiger partial charge in [-0.05, 0) is 54.9 Å². The van der Waals surface area contributed by atoms with Crippen LogP contribution in [-0.4, -0.2) is 68.3 Å². The molecular formula is C29H43FN4O3. The van der Waals surface area contributed by atoms with E-state index in [0.29, 0.717) is 51.1 Å². The number of hydrogen-bond acceptors (Lipinski definition) is 4. The zero-order valence-corrected chi connectivity index (χ0v) is 22.4. The van der Waals surface area contributed by atoms with Crippen LogP contribution < -0.4 is 15.5 Å². The highest BCUT2D eigenvalue weighted by atomic mass is 19.1. The Morgan fingerprint density at radius 2 is 1.81 bits per heavy atom. The van der Waals surface area contributed by atoms with Gasteiger partial charge in [-0.25, -0.2) is 9.18 Å². The third kappa shape index (κ3) is 6.39. The largest absolute Gasteiger partial charge is 0.378 e. The minimum absolute atomic E-state index is 0.00782. The first kappa shape index (κ1) is 26.3. The summed E-state index contributed by atoms with van der Waals surface area (Å²) in [6.07, 6.45) is 8.81. The number of amides is 3. The van der Waals surface area contributed by atoms with E-state index in [2.05, 4.69) is 29.4 Å². The standard InChI is InChI=1S/C29H43FN4O3/c1-29(2)19-34(26-11-10-22(30)17-23(26)29)18-25(21-8-9-21)31-27(35)24(16-20-6-4-3-5-7-20)32-28(36)33-12-14-37-15-13-33/h10-11,17,20-21,24-25H,3-9,12-16,18-19H2,1-2H3,(H,31,35)(H,32,36)/t24?,25-/m1/s1. The second kappa shape index (κ2) is 11.2. The molecule has 5 rings (SSSR count). The second-order valence-electron chi connectivity index (χ2n) is 12.2. The second-order valence-corrected chi connectivity index (χ2v) is 12.2. The maximum atomic E-state index is 14.0. The Morgan fingerprint density at radius 1 is 1.08 bits per heavy atom. The Kier molecular flexibility index (Phi) is 7.93. The molecule has 0 radical (unpaired) electrons. The normalized spacial score (nSPS) is 23.3. The summed E-state index contributed by atoms with van der Waals surface area (Å²) in [5, 5.41) is 6.45. The monoisotopic (exact) mass is 514 g/mol. The Balaban J connectivity index is 1.28. The molecule has 3 fully saturated rings. The highest BCUT2D eigenvalue weighted by molar-refractivity contribution is 5.87. The van der Waals surface area contributed by atoms with Gasteiger partial charge in [0.2, 0.25) is 5.91 Å². The maximum absolute atomic E-state index is 14.0. The van der Waals surface area contributed by atoms with Gasteiger partial charge in [-0.15, -0.1) is 0 Å². The minimum Gasteiger partial charge on any atom is -0.378 e. The number of fused-ring (bicyclic) bond motifs is 1. The number of hydrogen-bond donors (Lipinski definition) is 2. The Bertz CT molecular complexity index is 970. The van der Waals surface area contributed by atoms with Crippen molar-refractivity contribution < 1.29 is 18.7 Å². The number of nitrogens with zero attached hydrogens (tertiary/aromatic N) is 2. The van der Waals surface area contributed by atoms with Gasteiger partial charge in [-0.3, -0.25) is 4.79 Å². The summed E-state index contributed by atoms with van der Waals surface area (Å²) in [6.45, 7) is 7.98. The first-order valence-corrected chi connectivity index (χ1v) is 14.3. The first-order valence-electron chi connectivity index (χ1n) is 14.3. The number of nitrogens with one attached hydrogen (secondary N) is 2. The molecule has 3 amide bonds. The predicted molar refractivity (Wildman–Crippen MR) is 142 cm³/mol. The summed E-state index contributed by atoms with van der Waals surface area (Å²) in [7, 11) is 0. The minimum atomic E-state index is -0.531.